The molecule has 5 saturated heterocycles. The first-order valence-electron chi connectivity index (χ1n) is 29.9. The molecule has 5 aliphatic heterocycles. The van der Waals surface area contributed by atoms with Crippen LogP contribution >= 0.6 is 0 Å². The molecule has 0 aromatic heterocycles. The Morgan fingerprint density at radius 2 is 1.15 bits per heavy atom. The summed E-state index contributed by atoms with van der Waals surface area (Å²) in [4.78, 5) is 54.7. The van der Waals surface area contributed by atoms with Gasteiger partial charge in [0.25, 0.3) is 0 Å². The monoisotopic (exact) mass is 1220 g/mol. The van der Waals surface area contributed by atoms with Crippen LogP contribution in [0.4, 0.5) is 0 Å². The minimum Gasteiger partial charge on any atom is -0.507 e. The topological polar surface area (TPSA) is 370 Å². The Hall–Kier alpha value is -4.30. The lowest BCUT2D eigenvalue weighted by molar-refractivity contribution is -0.334. The van der Waals surface area contributed by atoms with Crippen molar-refractivity contribution in [2.45, 2.75) is 280 Å². The number of benzene rings is 2. The molecule has 0 saturated carbocycles. The molecule has 2 aromatic rings. The Kier molecular flexibility index (Phi) is 22.2. The number of aliphatic hydroxyl groups is 7. The number of esters is 2. The van der Waals surface area contributed by atoms with Crippen molar-refractivity contribution < 1.29 is 127 Å². The third kappa shape index (κ3) is 14.8. The largest absolute Gasteiger partial charge is 0.507 e. The van der Waals surface area contributed by atoms with Crippen molar-refractivity contribution in [3.05, 3.63) is 28.8 Å². The van der Waals surface area contributed by atoms with Gasteiger partial charge in [0.15, 0.2) is 42.8 Å². The third-order valence-corrected chi connectivity index (χ3v) is 17.4. The van der Waals surface area contributed by atoms with Gasteiger partial charge in [0.1, 0.15) is 72.2 Å². The van der Waals surface area contributed by atoms with Crippen molar-refractivity contribution in [3.8, 4) is 17.2 Å². The molecule has 6 aliphatic rings. The molecule has 26 heteroatoms. The van der Waals surface area contributed by atoms with Crippen molar-refractivity contribution in [2.75, 3.05) is 7.11 Å². The summed E-state index contributed by atoms with van der Waals surface area (Å²) in [6, 6.07) is 3.03. The van der Waals surface area contributed by atoms with Crippen LogP contribution in [0.1, 0.15) is 142 Å². The number of carbonyl (C=O) groups is 4. The number of rotatable bonds is 21. The molecule has 0 amide bonds. The minimum atomic E-state index is -1.95. The van der Waals surface area contributed by atoms with Crippen LogP contribution in [-0.4, -0.2) is 223 Å². The molecule has 0 radical (unpaired) electrons. The Morgan fingerprint density at radius 3 is 1.69 bits per heavy atom. The van der Waals surface area contributed by atoms with Gasteiger partial charge in [-0.2, -0.15) is 0 Å². The van der Waals surface area contributed by atoms with Gasteiger partial charge in [-0.3, -0.25) is 19.2 Å². The first-order valence-corrected chi connectivity index (χ1v) is 29.9. The van der Waals surface area contributed by atoms with Crippen LogP contribution in [0.3, 0.4) is 0 Å². The summed E-state index contributed by atoms with van der Waals surface area (Å²) in [5.41, 5.74) is -1.55. The molecule has 8 rings (SSSR count). The number of methoxy groups -OCH3 is 1. The van der Waals surface area contributed by atoms with Crippen LogP contribution in [-0.2, 0) is 77.6 Å². The minimum absolute atomic E-state index is 0.0153. The lowest BCUT2D eigenvalue weighted by Crippen LogP contribution is -2.58. The number of phenols is 2. The molecule has 1 aliphatic carbocycles. The zero-order valence-electron chi connectivity index (χ0n) is 50.5. The van der Waals surface area contributed by atoms with E-state index in [2.05, 4.69) is 0 Å². The van der Waals surface area contributed by atoms with Crippen molar-refractivity contribution in [2.24, 2.45) is 5.92 Å². The van der Waals surface area contributed by atoms with Gasteiger partial charge in [0, 0.05) is 63.5 Å². The van der Waals surface area contributed by atoms with Crippen LogP contribution in [0.25, 0.3) is 10.8 Å². The molecule has 9 N–H and O–H groups in total. The molecule has 2 aromatic carbocycles. The standard InChI is InChI=1S/C60H88O26/c1-12-14-39(61)75-29(8)53(68)56(71)57(74-11)33-17-31-16-32-18-34(82-41-20-36(50(65)26(5)76-41)83-42-19-35(49(64)25(4)77-42)81-40(62)15-13-2)24(3)48(63)46(32)54(69)47(31)55(70)58(33)86-44-22-37(51(66)28(7)79-44)84-43-21-38(52(67)27(6)78-43)85-45-23-60(10,73)59(72)30(9)80-45/h16,18,25-30,33,35-38,41-45,49-53,57-59,63-69,72-73H,12-15,17,19-23H2,1-11H3/t25?,26?,27?,28?,29-,30?,33+,35-,36-,37-,38-,41+,42+,43+,44+,45+,49-,50-,51-,52+,53+,57+,58+,59-,60+/m1/s1. The van der Waals surface area contributed by atoms with E-state index in [1.54, 1.807) is 34.6 Å². The SMILES string of the molecule is CCCC(=O)O[C@H](C)[C@H](O)C(=O)[C@@H](OC)[C@@H]1Cc2cc3cc(O[C@H]4C[C@@H](O[C@H]5C[C@@H](OC(=O)CCC)[C@H](O)C(C)O5)[C@H](O)C(C)O4)c(C)c(O)c3c(O)c2C(=O)[C@H]1O[C@H]1C[C@@H](O[C@H]2C[C@@H](O[C@H]3C[C@](C)(O)[C@H](O)C(C)O3)[C@@H](O)C(C)O2)[C@H](O)C(C)O1. The number of hydrogen-bond acceptors (Lipinski definition) is 26. The van der Waals surface area contributed by atoms with E-state index in [1.807, 2.05) is 6.92 Å². The fraction of sp³-hybridized carbons (Fsp3) is 0.767. The van der Waals surface area contributed by atoms with Crippen molar-refractivity contribution in [3.63, 3.8) is 0 Å². The van der Waals surface area contributed by atoms with Crippen LogP contribution < -0.4 is 4.74 Å². The van der Waals surface area contributed by atoms with E-state index in [1.165, 1.54) is 46.9 Å². The number of phenolic OH excluding ortho intramolecular Hbond substituents is 2. The number of fused-ring (bicyclic) bond motifs is 2. The second kappa shape index (κ2) is 28.3. The number of ether oxygens (including phenoxy) is 13. The van der Waals surface area contributed by atoms with Crippen LogP contribution in [0.5, 0.6) is 17.2 Å². The molecule has 86 heavy (non-hydrogen) atoms. The first kappa shape index (κ1) is 67.6. The zero-order valence-corrected chi connectivity index (χ0v) is 50.5. The number of carbonyl (C=O) groups excluding carboxylic acids is 4. The normalized spacial score (nSPS) is 38.8. The second-order valence-corrected chi connectivity index (χ2v) is 24.1. The van der Waals surface area contributed by atoms with Gasteiger partial charge >= 0.3 is 11.9 Å². The van der Waals surface area contributed by atoms with E-state index in [4.69, 9.17) is 61.6 Å². The van der Waals surface area contributed by atoms with Gasteiger partial charge in [0.05, 0.1) is 65.4 Å². The van der Waals surface area contributed by atoms with Gasteiger partial charge in [-0.1, -0.05) is 13.8 Å². The molecule has 5 fully saturated rings. The Morgan fingerprint density at radius 1 is 0.674 bits per heavy atom. The molecule has 25 atom stereocenters. The summed E-state index contributed by atoms with van der Waals surface area (Å²) in [5.74, 6) is -5.33. The summed E-state index contributed by atoms with van der Waals surface area (Å²) in [7, 11) is 1.19. The van der Waals surface area contributed by atoms with Crippen molar-refractivity contribution in [1.82, 2.24) is 0 Å². The Labute approximate surface area is 499 Å². The maximum Gasteiger partial charge on any atom is 0.306 e. The molecule has 0 bridgehead atoms. The highest BCUT2D eigenvalue weighted by Gasteiger charge is 2.52. The van der Waals surface area contributed by atoms with Crippen LogP contribution in [0.2, 0.25) is 0 Å². The van der Waals surface area contributed by atoms with E-state index < -0.39 is 188 Å². The highest BCUT2D eigenvalue weighted by atomic mass is 16.7. The Balaban J connectivity index is 1.06. The Bertz CT molecular complexity index is 2690. The second-order valence-electron chi connectivity index (χ2n) is 24.1. The predicted molar refractivity (Wildman–Crippen MR) is 296 cm³/mol. The molecule has 5 unspecified atom stereocenters. The number of aromatic hydroxyl groups is 2. The smallest absolute Gasteiger partial charge is 0.306 e. The van der Waals surface area contributed by atoms with E-state index in [9.17, 15) is 60.3 Å². The lowest BCUT2D eigenvalue weighted by atomic mass is 9.75. The van der Waals surface area contributed by atoms with Gasteiger partial charge in [-0.25, -0.2) is 0 Å². The van der Waals surface area contributed by atoms with E-state index in [-0.39, 0.29) is 84.6 Å². The summed E-state index contributed by atoms with van der Waals surface area (Å²) in [6.45, 7) is 15.8. The third-order valence-electron chi connectivity index (χ3n) is 17.4. The van der Waals surface area contributed by atoms with Crippen molar-refractivity contribution >= 4 is 34.3 Å². The summed E-state index contributed by atoms with van der Waals surface area (Å²) in [5, 5.41) is 102. The van der Waals surface area contributed by atoms with Crippen LogP contribution in [0.15, 0.2) is 12.1 Å². The zero-order chi connectivity index (χ0) is 63.0. The van der Waals surface area contributed by atoms with E-state index in [0.29, 0.717) is 12.8 Å². The molecular weight excluding hydrogens is 1140 g/mol. The predicted octanol–water partition coefficient (Wildman–Crippen LogP) is 2.45. The average Bonchev–Trinajstić information content (AvgIpc) is 0.781. The highest BCUT2D eigenvalue weighted by molar-refractivity contribution is 6.11. The molecule has 484 valence electrons. The quantitative estimate of drug-likeness (QED) is 0.0811. The van der Waals surface area contributed by atoms with E-state index >= 15 is 4.79 Å². The molecule has 5 heterocycles. The number of ketones is 2. The summed E-state index contributed by atoms with van der Waals surface area (Å²) >= 11 is 0. The first-order chi connectivity index (χ1) is 40.5. The van der Waals surface area contributed by atoms with Gasteiger partial charge in [0.2, 0.25) is 6.29 Å². The maximum absolute atomic E-state index is 15.3. The fourth-order valence-corrected chi connectivity index (χ4v) is 12.4. The molecule has 0 spiro atoms. The number of aliphatic hydroxyl groups excluding tert-OH is 6. The number of Topliss-reactive ketones (excluding diaryl/α,β-unsaturated/α-hetero) is 2. The molecule has 26 nitrogen and oxygen atoms in total. The van der Waals surface area contributed by atoms with E-state index in [0.717, 1.165) is 0 Å². The van der Waals surface area contributed by atoms with Gasteiger partial charge in [-0.15, -0.1) is 0 Å². The van der Waals surface area contributed by atoms with Crippen LogP contribution in [0, 0.1) is 12.8 Å². The lowest BCUT2D eigenvalue weighted by Gasteiger charge is -2.46. The number of hydrogen-bond donors (Lipinski definition) is 9. The van der Waals surface area contributed by atoms with Gasteiger partial charge < -0.3 is 108 Å². The summed E-state index contributed by atoms with van der Waals surface area (Å²) < 4.78 is 78.4. The van der Waals surface area contributed by atoms with Crippen molar-refractivity contribution in [1.29, 1.82) is 0 Å². The maximum atomic E-state index is 15.3. The summed E-state index contributed by atoms with van der Waals surface area (Å²) in [6.07, 6.45) is -26.1. The van der Waals surface area contributed by atoms with Gasteiger partial charge in [-0.05, 0) is 97.7 Å². The molecular formula is C60H88O26. The average molecular weight is 1230 g/mol. The highest BCUT2D eigenvalue weighted by Crippen LogP contribution is 2.48. The fourth-order valence-electron chi connectivity index (χ4n) is 12.4.